The molecule has 1 heterocycles. The second-order valence-electron chi connectivity index (χ2n) is 6.40. The maximum Gasteiger partial charge on any atom is 0.264 e. The highest BCUT2D eigenvalue weighted by Crippen LogP contribution is 2.16. The van der Waals surface area contributed by atoms with Crippen LogP contribution in [0.3, 0.4) is 0 Å². The van der Waals surface area contributed by atoms with Crippen molar-refractivity contribution in [3.8, 4) is 5.75 Å². The highest BCUT2D eigenvalue weighted by Gasteiger charge is 2.18. The number of nitrogens with zero attached hydrogens (tertiary/aromatic N) is 1. The monoisotopic (exact) mass is 362 g/mol. The summed E-state index contributed by atoms with van der Waals surface area (Å²) in [6.07, 6.45) is 0. The van der Waals surface area contributed by atoms with Crippen molar-refractivity contribution in [1.82, 2.24) is 4.57 Å². The molecule has 1 amide bonds. The van der Waals surface area contributed by atoms with Crippen molar-refractivity contribution in [2.75, 3.05) is 12.4 Å². The fourth-order valence-corrected chi connectivity index (χ4v) is 3.03. The predicted molar refractivity (Wildman–Crippen MR) is 107 cm³/mol. The summed E-state index contributed by atoms with van der Waals surface area (Å²) in [4.78, 5) is 25.8. The summed E-state index contributed by atoms with van der Waals surface area (Å²) in [5.41, 5.74) is 2.97. The van der Waals surface area contributed by atoms with Gasteiger partial charge >= 0.3 is 0 Å². The summed E-state index contributed by atoms with van der Waals surface area (Å²) < 4.78 is 6.75. The van der Waals surface area contributed by atoms with Gasteiger partial charge in [-0.3, -0.25) is 9.59 Å². The molecule has 0 radical (unpaired) electrons. The fraction of sp³-hybridized carbons (Fsp3) is 0.182. The fourth-order valence-electron chi connectivity index (χ4n) is 3.03. The van der Waals surface area contributed by atoms with E-state index in [4.69, 9.17) is 4.74 Å². The molecular formula is C22H22N2O3. The van der Waals surface area contributed by atoms with E-state index in [0.29, 0.717) is 23.5 Å². The first-order valence-electron chi connectivity index (χ1n) is 8.70. The molecule has 0 atom stereocenters. The first-order valence-corrected chi connectivity index (χ1v) is 8.70. The van der Waals surface area contributed by atoms with Gasteiger partial charge in [-0.1, -0.05) is 30.3 Å². The van der Waals surface area contributed by atoms with Gasteiger partial charge in [-0.25, -0.2) is 0 Å². The lowest BCUT2D eigenvalue weighted by atomic mass is 10.1. The van der Waals surface area contributed by atoms with Gasteiger partial charge in [0.2, 0.25) is 0 Å². The highest BCUT2D eigenvalue weighted by atomic mass is 16.5. The van der Waals surface area contributed by atoms with E-state index in [2.05, 4.69) is 5.32 Å². The first-order chi connectivity index (χ1) is 13.0. The summed E-state index contributed by atoms with van der Waals surface area (Å²) in [7, 11) is 1.58. The zero-order chi connectivity index (χ0) is 19.4. The summed E-state index contributed by atoms with van der Waals surface area (Å²) in [6, 6.07) is 18.6. The molecule has 27 heavy (non-hydrogen) atoms. The number of ether oxygens (including phenoxy) is 1. The Morgan fingerprint density at radius 2 is 1.70 bits per heavy atom. The van der Waals surface area contributed by atoms with Gasteiger partial charge in [0, 0.05) is 11.4 Å². The van der Waals surface area contributed by atoms with Crippen LogP contribution in [0.15, 0.2) is 65.5 Å². The Bertz CT molecular complexity index is 1010. The summed E-state index contributed by atoms with van der Waals surface area (Å²) in [5, 5.41) is 2.79. The van der Waals surface area contributed by atoms with Gasteiger partial charge < -0.3 is 14.6 Å². The van der Waals surface area contributed by atoms with Gasteiger partial charge in [0.25, 0.3) is 11.5 Å². The van der Waals surface area contributed by atoms with Crippen molar-refractivity contribution in [3.63, 3.8) is 0 Å². The molecule has 0 aliphatic carbocycles. The molecule has 2 aromatic carbocycles. The number of pyridine rings is 1. The van der Waals surface area contributed by atoms with Crippen LogP contribution in [0.5, 0.6) is 5.75 Å². The van der Waals surface area contributed by atoms with Gasteiger partial charge in [0.1, 0.15) is 11.3 Å². The quantitative estimate of drug-likeness (QED) is 0.751. The predicted octanol–water partition coefficient (Wildman–Crippen LogP) is 3.77. The standard InChI is InChI=1S/C22H22N2O3/c1-15-13-16(2)24(14-17-7-5-4-6-8-17)22(26)20(15)21(25)23-18-9-11-19(27-3)12-10-18/h4-13H,14H2,1-3H3,(H,23,25). The molecule has 0 unspecified atom stereocenters. The Morgan fingerprint density at radius 1 is 1.04 bits per heavy atom. The summed E-state index contributed by atoms with van der Waals surface area (Å²) in [6.45, 7) is 4.08. The van der Waals surface area contributed by atoms with Gasteiger partial charge in [-0.15, -0.1) is 0 Å². The average Bonchev–Trinajstić information content (AvgIpc) is 2.66. The third-order valence-electron chi connectivity index (χ3n) is 4.46. The van der Waals surface area contributed by atoms with E-state index < -0.39 is 5.91 Å². The lowest BCUT2D eigenvalue weighted by Gasteiger charge is -2.15. The Kier molecular flexibility index (Phi) is 5.41. The topological polar surface area (TPSA) is 60.3 Å². The number of aromatic nitrogens is 1. The minimum atomic E-state index is -0.413. The minimum absolute atomic E-state index is 0.160. The Balaban J connectivity index is 1.93. The van der Waals surface area contributed by atoms with Crippen LogP contribution in [0, 0.1) is 13.8 Å². The first kappa shape index (κ1) is 18.5. The van der Waals surface area contributed by atoms with Crippen LogP contribution in [-0.2, 0) is 6.54 Å². The van der Waals surface area contributed by atoms with Gasteiger partial charge in [-0.2, -0.15) is 0 Å². The molecular weight excluding hydrogens is 340 g/mol. The Morgan fingerprint density at radius 3 is 2.33 bits per heavy atom. The zero-order valence-electron chi connectivity index (χ0n) is 15.7. The number of benzene rings is 2. The van der Waals surface area contributed by atoms with Gasteiger partial charge in [0.15, 0.2) is 0 Å². The van der Waals surface area contributed by atoms with Crippen LogP contribution >= 0.6 is 0 Å². The van der Waals surface area contributed by atoms with Crippen LogP contribution in [-0.4, -0.2) is 17.6 Å². The van der Waals surface area contributed by atoms with Gasteiger partial charge in [0.05, 0.1) is 13.7 Å². The average molecular weight is 362 g/mol. The number of nitrogens with one attached hydrogen (secondary N) is 1. The van der Waals surface area contributed by atoms with Crippen molar-refractivity contribution >= 4 is 11.6 Å². The van der Waals surface area contributed by atoms with Crippen molar-refractivity contribution < 1.29 is 9.53 Å². The Hall–Kier alpha value is -3.34. The smallest absolute Gasteiger partial charge is 0.264 e. The minimum Gasteiger partial charge on any atom is -0.497 e. The highest BCUT2D eigenvalue weighted by molar-refractivity contribution is 6.05. The molecule has 1 aromatic heterocycles. The van der Waals surface area contributed by atoms with E-state index in [0.717, 1.165) is 11.3 Å². The molecule has 1 N–H and O–H groups in total. The van der Waals surface area contributed by atoms with E-state index in [1.54, 1.807) is 42.9 Å². The molecule has 138 valence electrons. The molecule has 0 bridgehead atoms. The molecule has 5 nitrogen and oxygen atoms in total. The summed E-state index contributed by atoms with van der Waals surface area (Å²) in [5.74, 6) is 0.286. The molecule has 0 fully saturated rings. The van der Waals surface area contributed by atoms with E-state index in [-0.39, 0.29) is 11.1 Å². The molecule has 0 aliphatic heterocycles. The van der Waals surface area contributed by atoms with E-state index in [9.17, 15) is 9.59 Å². The normalized spacial score (nSPS) is 10.5. The largest absolute Gasteiger partial charge is 0.497 e. The molecule has 0 spiro atoms. The lowest BCUT2D eigenvalue weighted by molar-refractivity contribution is 0.102. The van der Waals surface area contributed by atoms with Crippen LogP contribution in [0.1, 0.15) is 27.2 Å². The van der Waals surface area contributed by atoms with Crippen LogP contribution in [0.2, 0.25) is 0 Å². The third kappa shape index (κ3) is 4.08. The maximum absolute atomic E-state index is 13.0. The Labute approximate surface area is 158 Å². The zero-order valence-corrected chi connectivity index (χ0v) is 15.7. The van der Waals surface area contributed by atoms with Crippen molar-refractivity contribution in [1.29, 1.82) is 0 Å². The number of amides is 1. The number of hydrogen-bond acceptors (Lipinski definition) is 3. The second-order valence-corrected chi connectivity index (χ2v) is 6.40. The molecule has 0 saturated heterocycles. The van der Waals surface area contributed by atoms with Crippen LogP contribution < -0.4 is 15.6 Å². The molecule has 0 aliphatic rings. The molecule has 3 aromatic rings. The van der Waals surface area contributed by atoms with Crippen molar-refractivity contribution in [3.05, 3.63) is 93.4 Å². The van der Waals surface area contributed by atoms with Gasteiger partial charge in [-0.05, 0) is 55.3 Å². The maximum atomic E-state index is 13.0. The van der Waals surface area contributed by atoms with Crippen molar-refractivity contribution in [2.24, 2.45) is 0 Å². The number of aryl methyl sites for hydroxylation is 2. The number of carbonyl (C=O) groups is 1. The van der Waals surface area contributed by atoms with Crippen LogP contribution in [0.25, 0.3) is 0 Å². The van der Waals surface area contributed by atoms with E-state index in [1.807, 2.05) is 43.3 Å². The summed E-state index contributed by atoms with van der Waals surface area (Å²) >= 11 is 0. The number of methoxy groups -OCH3 is 1. The number of rotatable bonds is 5. The number of anilines is 1. The van der Waals surface area contributed by atoms with E-state index in [1.165, 1.54) is 0 Å². The SMILES string of the molecule is COc1ccc(NC(=O)c2c(C)cc(C)n(Cc3ccccc3)c2=O)cc1. The van der Waals surface area contributed by atoms with Crippen molar-refractivity contribution in [2.45, 2.75) is 20.4 Å². The number of hydrogen-bond donors (Lipinski definition) is 1. The molecule has 3 rings (SSSR count). The van der Waals surface area contributed by atoms with Crippen LogP contribution in [0.4, 0.5) is 5.69 Å². The third-order valence-corrected chi connectivity index (χ3v) is 4.46. The molecule has 5 heteroatoms. The number of carbonyl (C=O) groups excluding carboxylic acids is 1. The second kappa shape index (κ2) is 7.91. The lowest BCUT2D eigenvalue weighted by Crippen LogP contribution is -2.32. The molecule has 0 saturated carbocycles. The van der Waals surface area contributed by atoms with E-state index >= 15 is 0 Å².